The van der Waals surface area contributed by atoms with Gasteiger partial charge in [0.25, 0.3) is 0 Å². The van der Waals surface area contributed by atoms with E-state index in [4.69, 9.17) is 9.47 Å². The highest BCUT2D eigenvalue weighted by Crippen LogP contribution is 2.36. The summed E-state index contributed by atoms with van der Waals surface area (Å²) in [6.07, 6.45) is 3.05. The maximum Gasteiger partial charge on any atom is 0.244 e. The standard InChI is InChI=1S/C31H37N3O6S/c1-4-5-16-32-31(36)27(18-24-11-7-6-8-12-24)33(20-25-13-9-10-23(2)17-25)30(35)21-34(41(3,37)38)26-14-15-28-29(19-26)40-22-39-28/h6-15,17,19,27H,4-5,16,18,20-22H2,1-3H3,(H,32,36)/t27-/m0/s1. The Morgan fingerprint density at radius 1 is 0.951 bits per heavy atom. The number of aryl methyl sites for hydroxylation is 1. The number of unbranched alkanes of at least 4 members (excludes halogenated alkanes) is 1. The molecule has 0 aromatic heterocycles. The number of ether oxygens (including phenoxy) is 2. The fraction of sp³-hybridized carbons (Fsp3) is 0.355. The minimum atomic E-state index is -3.88. The molecule has 2 amide bonds. The molecule has 0 saturated carbocycles. The number of sulfonamides is 1. The van der Waals surface area contributed by atoms with Crippen molar-refractivity contribution < 1.29 is 27.5 Å². The molecule has 0 spiro atoms. The van der Waals surface area contributed by atoms with Crippen LogP contribution in [0.5, 0.6) is 11.5 Å². The van der Waals surface area contributed by atoms with Crippen LogP contribution in [-0.2, 0) is 32.6 Å². The van der Waals surface area contributed by atoms with Gasteiger partial charge in [-0.3, -0.25) is 13.9 Å². The van der Waals surface area contributed by atoms with Crippen molar-refractivity contribution in [1.29, 1.82) is 0 Å². The van der Waals surface area contributed by atoms with Crippen LogP contribution in [0, 0.1) is 6.92 Å². The molecule has 10 heteroatoms. The summed E-state index contributed by atoms with van der Waals surface area (Å²) in [4.78, 5) is 29.3. The third-order valence-corrected chi connectivity index (χ3v) is 8.00. The zero-order valence-electron chi connectivity index (χ0n) is 23.7. The second-order valence-corrected chi connectivity index (χ2v) is 12.1. The zero-order valence-corrected chi connectivity index (χ0v) is 24.5. The number of carbonyl (C=O) groups excluding carboxylic acids is 2. The monoisotopic (exact) mass is 579 g/mol. The van der Waals surface area contributed by atoms with Crippen LogP contribution in [0.4, 0.5) is 5.69 Å². The highest BCUT2D eigenvalue weighted by Gasteiger charge is 2.33. The van der Waals surface area contributed by atoms with E-state index in [2.05, 4.69) is 5.32 Å². The quantitative estimate of drug-likeness (QED) is 0.307. The number of nitrogens with one attached hydrogen (secondary N) is 1. The fourth-order valence-electron chi connectivity index (χ4n) is 4.72. The molecule has 0 bridgehead atoms. The number of hydrogen-bond donors (Lipinski definition) is 1. The number of nitrogens with zero attached hydrogens (tertiary/aromatic N) is 2. The molecule has 1 atom stereocenters. The van der Waals surface area contributed by atoms with Crippen molar-refractivity contribution in [3.05, 3.63) is 89.5 Å². The maximum atomic E-state index is 14.1. The third kappa shape index (κ3) is 8.00. The Labute approximate surface area is 242 Å². The smallest absolute Gasteiger partial charge is 0.244 e. The van der Waals surface area contributed by atoms with Crippen LogP contribution in [0.25, 0.3) is 0 Å². The molecular formula is C31H37N3O6S. The van der Waals surface area contributed by atoms with Gasteiger partial charge in [-0.15, -0.1) is 0 Å². The predicted octanol–water partition coefficient (Wildman–Crippen LogP) is 4.05. The number of hydrogen-bond acceptors (Lipinski definition) is 6. The lowest BCUT2D eigenvalue weighted by atomic mass is 10.0. The molecule has 9 nitrogen and oxygen atoms in total. The lowest BCUT2D eigenvalue weighted by molar-refractivity contribution is -0.140. The van der Waals surface area contributed by atoms with Crippen LogP contribution in [0.1, 0.15) is 36.5 Å². The Morgan fingerprint density at radius 2 is 1.68 bits per heavy atom. The first-order chi connectivity index (χ1) is 19.7. The van der Waals surface area contributed by atoms with Gasteiger partial charge in [0.15, 0.2) is 11.5 Å². The Balaban J connectivity index is 1.71. The summed E-state index contributed by atoms with van der Waals surface area (Å²) in [6, 6.07) is 21.1. The summed E-state index contributed by atoms with van der Waals surface area (Å²) < 4.78 is 37.8. The van der Waals surface area contributed by atoms with Crippen LogP contribution < -0.4 is 19.1 Å². The van der Waals surface area contributed by atoms with Crippen LogP contribution in [0.3, 0.4) is 0 Å². The molecule has 3 aromatic carbocycles. The van der Waals surface area contributed by atoms with E-state index in [1.165, 1.54) is 4.90 Å². The van der Waals surface area contributed by atoms with E-state index >= 15 is 0 Å². The van der Waals surface area contributed by atoms with E-state index in [-0.39, 0.29) is 31.4 Å². The number of amides is 2. The largest absolute Gasteiger partial charge is 0.454 e. The molecule has 0 unspecified atom stereocenters. The van der Waals surface area contributed by atoms with Gasteiger partial charge in [-0.05, 0) is 36.6 Å². The number of fused-ring (bicyclic) bond motifs is 1. The average molecular weight is 580 g/mol. The second-order valence-electron chi connectivity index (χ2n) is 10.2. The summed E-state index contributed by atoms with van der Waals surface area (Å²) >= 11 is 0. The minimum Gasteiger partial charge on any atom is -0.454 e. The molecule has 1 heterocycles. The highest BCUT2D eigenvalue weighted by atomic mass is 32.2. The van der Waals surface area contributed by atoms with Crippen LogP contribution in [0.15, 0.2) is 72.8 Å². The van der Waals surface area contributed by atoms with Gasteiger partial charge in [-0.1, -0.05) is 73.5 Å². The molecule has 1 aliphatic heterocycles. The van der Waals surface area contributed by atoms with Crippen molar-refractivity contribution in [1.82, 2.24) is 10.2 Å². The second kappa shape index (κ2) is 13.5. The average Bonchev–Trinajstić information content (AvgIpc) is 3.41. The lowest BCUT2D eigenvalue weighted by Gasteiger charge is -2.33. The Kier molecular flexibility index (Phi) is 9.88. The van der Waals surface area contributed by atoms with Gasteiger partial charge in [-0.25, -0.2) is 8.42 Å². The first kappa shape index (κ1) is 29.9. The summed E-state index contributed by atoms with van der Waals surface area (Å²) in [6.45, 7) is 4.17. The van der Waals surface area contributed by atoms with E-state index in [0.29, 0.717) is 18.0 Å². The Hall–Kier alpha value is -4.05. The third-order valence-electron chi connectivity index (χ3n) is 6.86. The molecule has 0 aliphatic carbocycles. The maximum absolute atomic E-state index is 14.1. The SMILES string of the molecule is CCCCNC(=O)[C@H](Cc1ccccc1)N(Cc1cccc(C)c1)C(=O)CN(c1ccc2c(c1)OCO2)S(C)(=O)=O. The minimum absolute atomic E-state index is 0.0369. The summed E-state index contributed by atoms with van der Waals surface area (Å²) in [5, 5.41) is 2.98. The van der Waals surface area contributed by atoms with Crippen LogP contribution in [0.2, 0.25) is 0 Å². The summed E-state index contributed by atoms with van der Waals surface area (Å²) in [5.74, 6) is 0.122. The molecule has 1 N–H and O–H groups in total. The van der Waals surface area contributed by atoms with E-state index in [9.17, 15) is 18.0 Å². The van der Waals surface area contributed by atoms with Gasteiger partial charge >= 0.3 is 0 Å². The van der Waals surface area contributed by atoms with Crippen molar-refractivity contribution in [3.63, 3.8) is 0 Å². The van der Waals surface area contributed by atoms with E-state index in [1.54, 1.807) is 18.2 Å². The molecule has 1 aliphatic rings. The molecule has 41 heavy (non-hydrogen) atoms. The van der Waals surface area contributed by atoms with E-state index in [0.717, 1.165) is 40.1 Å². The zero-order chi connectivity index (χ0) is 29.4. The number of carbonyl (C=O) groups is 2. The van der Waals surface area contributed by atoms with Gasteiger partial charge < -0.3 is 19.7 Å². The van der Waals surface area contributed by atoms with Crippen LogP contribution in [-0.4, -0.2) is 57.3 Å². The fourth-order valence-corrected chi connectivity index (χ4v) is 5.56. The highest BCUT2D eigenvalue weighted by molar-refractivity contribution is 7.92. The predicted molar refractivity (Wildman–Crippen MR) is 158 cm³/mol. The van der Waals surface area contributed by atoms with Crippen molar-refractivity contribution in [2.75, 3.05) is 30.4 Å². The normalized spacial score (nSPS) is 13.0. The van der Waals surface area contributed by atoms with Gasteiger partial charge in [0, 0.05) is 25.6 Å². The summed E-state index contributed by atoms with van der Waals surface area (Å²) in [7, 11) is -3.88. The van der Waals surface area contributed by atoms with Crippen molar-refractivity contribution in [2.45, 2.75) is 45.7 Å². The van der Waals surface area contributed by atoms with Crippen molar-refractivity contribution in [3.8, 4) is 11.5 Å². The molecule has 0 fully saturated rings. The first-order valence-corrected chi connectivity index (χ1v) is 15.5. The topological polar surface area (TPSA) is 105 Å². The first-order valence-electron chi connectivity index (χ1n) is 13.7. The van der Waals surface area contributed by atoms with E-state index < -0.39 is 28.5 Å². The number of benzene rings is 3. The Morgan fingerprint density at radius 3 is 2.39 bits per heavy atom. The molecule has 3 aromatic rings. The molecular weight excluding hydrogens is 542 g/mol. The van der Waals surface area contributed by atoms with Gasteiger partial charge in [-0.2, -0.15) is 0 Å². The van der Waals surface area contributed by atoms with Gasteiger partial charge in [0.1, 0.15) is 12.6 Å². The molecule has 218 valence electrons. The Bertz CT molecular complexity index is 1460. The lowest BCUT2D eigenvalue weighted by Crippen LogP contribution is -2.53. The molecule has 0 radical (unpaired) electrons. The number of rotatable bonds is 13. The van der Waals surface area contributed by atoms with Gasteiger partial charge in [0.2, 0.25) is 28.6 Å². The molecule has 4 rings (SSSR count). The molecule has 0 saturated heterocycles. The van der Waals surface area contributed by atoms with Crippen LogP contribution >= 0.6 is 0 Å². The van der Waals surface area contributed by atoms with Gasteiger partial charge in [0.05, 0.1) is 11.9 Å². The van der Waals surface area contributed by atoms with Crippen molar-refractivity contribution in [2.24, 2.45) is 0 Å². The van der Waals surface area contributed by atoms with Crippen molar-refractivity contribution >= 4 is 27.5 Å². The number of anilines is 1. The summed E-state index contributed by atoms with van der Waals surface area (Å²) in [5.41, 5.74) is 3.01. The van der Waals surface area contributed by atoms with E-state index in [1.807, 2.05) is 68.4 Å².